The van der Waals surface area contributed by atoms with Gasteiger partial charge in [-0.25, -0.2) is 8.42 Å². The van der Waals surface area contributed by atoms with Crippen LogP contribution in [-0.4, -0.2) is 73.1 Å². The number of aryl methyl sites for hydroxylation is 1. The van der Waals surface area contributed by atoms with E-state index in [0.717, 1.165) is 25.9 Å². The molecule has 7 nitrogen and oxygen atoms in total. The molecule has 1 fully saturated rings. The summed E-state index contributed by atoms with van der Waals surface area (Å²) in [5.41, 5.74) is 0. The van der Waals surface area contributed by atoms with Crippen LogP contribution < -0.4 is 0 Å². The summed E-state index contributed by atoms with van der Waals surface area (Å²) in [6, 6.07) is 0.383. The lowest BCUT2D eigenvalue weighted by Gasteiger charge is -2.37. The molecule has 0 amide bonds. The molecule has 0 bridgehead atoms. The van der Waals surface area contributed by atoms with Gasteiger partial charge in [0.05, 0.1) is 12.3 Å². The zero-order valence-electron chi connectivity index (χ0n) is 12.9. The monoisotopic (exact) mass is 316 g/mol. The van der Waals surface area contributed by atoms with E-state index in [1.165, 1.54) is 6.26 Å². The molecular weight excluding hydrogens is 292 g/mol. The predicted molar refractivity (Wildman–Crippen MR) is 79.7 cm³/mol. The van der Waals surface area contributed by atoms with Crippen LogP contribution in [0, 0.1) is 6.92 Å². The van der Waals surface area contributed by atoms with Gasteiger partial charge in [0.2, 0.25) is 5.89 Å². The van der Waals surface area contributed by atoms with E-state index in [1.807, 2.05) is 7.05 Å². The fourth-order valence-corrected chi connectivity index (χ4v) is 3.25. The summed E-state index contributed by atoms with van der Waals surface area (Å²) in [6.45, 7) is 4.98. The minimum absolute atomic E-state index is 0.212. The zero-order valence-corrected chi connectivity index (χ0v) is 13.8. The fourth-order valence-electron chi connectivity index (χ4n) is 2.63. The third-order valence-corrected chi connectivity index (χ3v) is 4.78. The Morgan fingerprint density at radius 1 is 1.48 bits per heavy atom. The molecule has 2 rings (SSSR count). The van der Waals surface area contributed by atoms with Crippen molar-refractivity contribution in [2.45, 2.75) is 32.4 Å². The molecule has 1 aromatic rings. The van der Waals surface area contributed by atoms with E-state index < -0.39 is 9.84 Å². The second-order valence-electron chi connectivity index (χ2n) is 5.87. The van der Waals surface area contributed by atoms with Crippen LogP contribution in [0.4, 0.5) is 0 Å². The van der Waals surface area contributed by atoms with Gasteiger partial charge in [-0.3, -0.25) is 4.90 Å². The molecule has 0 N–H and O–H groups in total. The van der Waals surface area contributed by atoms with Gasteiger partial charge in [0.15, 0.2) is 5.82 Å². The maximum atomic E-state index is 11.3. The van der Waals surface area contributed by atoms with Gasteiger partial charge in [-0.2, -0.15) is 4.98 Å². The first-order chi connectivity index (χ1) is 9.83. The first kappa shape index (κ1) is 16.4. The summed E-state index contributed by atoms with van der Waals surface area (Å²) in [6.07, 6.45) is 3.49. The SMILES string of the molecule is Cc1nc(CN2CCCC(N(C)CCS(C)(=O)=O)C2)no1. The maximum Gasteiger partial charge on any atom is 0.223 e. The second-order valence-corrected chi connectivity index (χ2v) is 8.13. The zero-order chi connectivity index (χ0) is 15.5. The normalized spacial score (nSPS) is 21.0. The van der Waals surface area contributed by atoms with E-state index in [9.17, 15) is 8.42 Å². The van der Waals surface area contributed by atoms with Crippen molar-refractivity contribution in [1.29, 1.82) is 0 Å². The summed E-state index contributed by atoms with van der Waals surface area (Å²) in [5, 5.41) is 3.93. The van der Waals surface area contributed by atoms with Crippen LogP contribution >= 0.6 is 0 Å². The van der Waals surface area contributed by atoms with Crippen LogP contribution in [0.25, 0.3) is 0 Å². The van der Waals surface area contributed by atoms with Crippen molar-refractivity contribution in [3.8, 4) is 0 Å². The lowest BCUT2D eigenvalue weighted by molar-refractivity contribution is 0.113. The van der Waals surface area contributed by atoms with Crippen LogP contribution in [-0.2, 0) is 16.4 Å². The highest BCUT2D eigenvalue weighted by Gasteiger charge is 2.24. The van der Waals surface area contributed by atoms with Crippen molar-refractivity contribution in [3.63, 3.8) is 0 Å². The molecule has 1 atom stereocenters. The summed E-state index contributed by atoms with van der Waals surface area (Å²) in [7, 11) is -0.907. The second kappa shape index (κ2) is 6.85. The molecule has 2 heterocycles. The maximum absolute atomic E-state index is 11.3. The van der Waals surface area contributed by atoms with Gasteiger partial charge < -0.3 is 9.42 Å². The van der Waals surface area contributed by atoms with Gasteiger partial charge in [0, 0.05) is 32.3 Å². The summed E-state index contributed by atoms with van der Waals surface area (Å²) >= 11 is 0. The van der Waals surface area contributed by atoms with Crippen molar-refractivity contribution >= 4 is 9.84 Å². The Hall–Kier alpha value is -0.990. The molecule has 0 aliphatic carbocycles. The number of rotatable bonds is 6. The van der Waals surface area contributed by atoms with Gasteiger partial charge in [0.25, 0.3) is 0 Å². The summed E-state index contributed by atoms with van der Waals surface area (Å²) in [4.78, 5) is 8.68. The van der Waals surface area contributed by atoms with E-state index >= 15 is 0 Å². The van der Waals surface area contributed by atoms with E-state index in [1.54, 1.807) is 6.92 Å². The van der Waals surface area contributed by atoms with Crippen molar-refractivity contribution in [3.05, 3.63) is 11.7 Å². The van der Waals surface area contributed by atoms with Gasteiger partial charge in [0.1, 0.15) is 9.84 Å². The first-order valence-corrected chi connectivity index (χ1v) is 9.29. The van der Waals surface area contributed by atoms with Crippen molar-refractivity contribution < 1.29 is 12.9 Å². The number of sulfone groups is 1. The Kier molecular flexibility index (Phi) is 5.34. The van der Waals surface area contributed by atoms with E-state index in [0.29, 0.717) is 30.8 Å². The van der Waals surface area contributed by atoms with Crippen LogP contribution in [0.1, 0.15) is 24.6 Å². The van der Waals surface area contributed by atoms with Gasteiger partial charge in [-0.1, -0.05) is 5.16 Å². The van der Waals surface area contributed by atoms with Crippen molar-refractivity contribution in [2.75, 3.05) is 38.7 Å². The van der Waals surface area contributed by atoms with Crippen LogP contribution in [0.5, 0.6) is 0 Å². The van der Waals surface area contributed by atoms with Crippen molar-refractivity contribution in [2.24, 2.45) is 0 Å². The Morgan fingerprint density at radius 3 is 2.86 bits per heavy atom. The van der Waals surface area contributed by atoms with E-state index in [-0.39, 0.29) is 5.75 Å². The molecule has 0 aromatic carbocycles. The number of likely N-dealkylation sites (tertiary alicyclic amines) is 1. The highest BCUT2D eigenvalue weighted by Crippen LogP contribution is 2.16. The average molecular weight is 316 g/mol. The third kappa shape index (κ3) is 5.37. The Balaban J connectivity index is 1.85. The molecule has 120 valence electrons. The minimum atomic E-state index is -2.90. The topological polar surface area (TPSA) is 79.5 Å². The molecule has 1 saturated heterocycles. The number of hydrogen-bond acceptors (Lipinski definition) is 7. The van der Waals surface area contributed by atoms with Crippen LogP contribution in [0.3, 0.4) is 0 Å². The molecule has 0 spiro atoms. The Morgan fingerprint density at radius 2 is 2.24 bits per heavy atom. The number of aromatic nitrogens is 2. The summed E-state index contributed by atoms with van der Waals surface area (Å²) in [5.74, 6) is 1.51. The van der Waals surface area contributed by atoms with E-state index in [2.05, 4.69) is 19.9 Å². The lowest BCUT2D eigenvalue weighted by Crippen LogP contribution is -2.47. The van der Waals surface area contributed by atoms with Gasteiger partial charge in [-0.15, -0.1) is 0 Å². The molecule has 1 aliphatic rings. The number of hydrogen-bond donors (Lipinski definition) is 0. The molecule has 1 unspecified atom stereocenters. The standard InChI is InChI=1S/C13H24N4O3S/c1-11-14-13(15-20-11)10-17-6-4-5-12(9-17)16(2)7-8-21(3,18)19/h12H,4-10H2,1-3H3. The molecule has 1 aliphatic heterocycles. The fraction of sp³-hybridized carbons (Fsp3) is 0.846. The molecule has 0 radical (unpaired) electrons. The third-order valence-electron chi connectivity index (χ3n) is 3.85. The summed E-state index contributed by atoms with van der Waals surface area (Å²) < 4.78 is 27.5. The minimum Gasteiger partial charge on any atom is -0.340 e. The Labute approximate surface area is 126 Å². The molecule has 1 aromatic heterocycles. The number of piperidine rings is 1. The lowest BCUT2D eigenvalue weighted by atomic mass is 10.0. The highest BCUT2D eigenvalue weighted by atomic mass is 32.2. The van der Waals surface area contributed by atoms with E-state index in [4.69, 9.17) is 4.52 Å². The first-order valence-electron chi connectivity index (χ1n) is 7.23. The Bertz CT molecular complexity index is 558. The average Bonchev–Trinajstić information content (AvgIpc) is 2.81. The number of likely N-dealkylation sites (N-methyl/N-ethyl adjacent to an activating group) is 1. The van der Waals surface area contributed by atoms with Crippen LogP contribution in [0.2, 0.25) is 0 Å². The quantitative estimate of drug-likeness (QED) is 0.747. The largest absolute Gasteiger partial charge is 0.340 e. The predicted octanol–water partition coefficient (Wildman–Crippen LogP) is 0.319. The molecular formula is C13H24N4O3S. The molecule has 0 saturated carbocycles. The smallest absolute Gasteiger partial charge is 0.223 e. The molecule has 21 heavy (non-hydrogen) atoms. The highest BCUT2D eigenvalue weighted by molar-refractivity contribution is 7.90. The van der Waals surface area contributed by atoms with Gasteiger partial charge in [-0.05, 0) is 26.4 Å². The van der Waals surface area contributed by atoms with Crippen molar-refractivity contribution in [1.82, 2.24) is 19.9 Å². The molecule has 8 heteroatoms. The number of nitrogens with zero attached hydrogens (tertiary/aromatic N) is 4. The van der Waals surface area contributed by atoms with Crippen LogP contribution in [0.15, 0.2) is 4.52 Å². The van der Waals surface area contributed by atoms with Gasteiger partial charge >= 0.3 is 0 Å².